The predicted molar refractivity (Wildman–Crippen MR) is 63.6 cm³/mol. The quantitative estimate of drug-likeness (QED) is 0.597. The number of hydrogen-bond donors (Lipinski definition) is 0. The monoisotopic (exact) mass is 240 g/mol. The van der Waals surface area contributed by atoms with E-state index >= 15 is 0 Å². The molecule has 1 aromatic carbocycles. The van der Waals surface area contributed by atoms with Crippen molar-refractivity contribution in [3.63, 3.8) is 0 Å². The maximum Gasteiger partial charge on any atom is 0.240 e. The van der Waals surface area contributed by atoms with Gasteiger partial charge in [-0.1, -0.05) is 0 Å². The Balaban J connectivity index is 2.12. The molecular formula is C13H8N2O3. The summed E-state index contributed by atoms with van der Waals surface area (Å²) >= 11 is 0. The maximum atomic E-state index is 10.4. The SMILES string of the molecule is O=C=Nc1cccnc1-c1ccc2c(c1)OCO2. The van der Waals surface area contributed by atoms with Gasteiger partial charge in [-0.15, -0.1) is 0 Å². The van der Waals surface area contributed by atoms with Gasteiger partial charge < -0.3 is 9.47 Å². The molecule has 18 heavy (non-hydrogen) atoms. The molecule has 0 amide bonds. The number of rotatable bonds is 2. The smallest absolute Gasteiger partial charge is 0.240 e. The molecule has 88 valence electrons. The second-order valence-electron chi connectivity index (χ2n) is 3.64. The molecular weight excluding hydrogens is 232 g/mol. The first-order valence-electron chi connectivity index (χ1n) is 5.31. The predicted octanol–water partition coefficient (Wildman–Crippen LogP) is 2.44. The topological polar surface area (TPSA) is 60.8 Å². The van der Waals surface area contributed by atoms with E-state index in [4.69, 9.17) is 9.47 Å². The highest BCUT2D eigenvalue weighted by Gasteiger charge is 2.15. The van der Waals surface area contributed by atoms with Gasteiger partial charge in [0, 0.05) is 11.8 Å². The van der Waals surface area contributed by atoms with Gasteiger partial charge in [-0.25, -0.2) is 4.79 Å². The fourth-order valence-corrected chi connectivity index (χ4v) is 1.80. The lowest BCUT2D eigenvalue weighted by atomic mass is 10.1. The first kappa shape index (κ1) is 10.5. The van der Waals surface area contributed by atoms with Gasteiger partial charge in [0.15, 0.2) is 11.5 Å². The third-order valence-electron chi connectivity index (χ3n) is 2.60. The second kappa shape index (κ2) is 4.31. The summed E-state index contributed by atoms with van der Waals surface area (Å²) in [5, 5.41) is 0. The average Bonchev–Trinajstić information content (AvgIpc) is 2.87. The van der Waals surface area contributed by atoms with Gasteiger partial charge in [-0.05, 0) is 30.3 Å². The van der Waals surface area contributed by atoms with Crippen molar-refractivity contribution in [2.24, 2.45) is 4.99 Å². The van der Waals surface area contributed by atoms with E-state index in [1.54, 1.807) is 24.4 Å². The summed E-state index contributed by atoms with van der Waals surface area (Å²) in [6.07, 6.45) is 3.17. The third-order valence-corrected chi connectivity index (χ3v) is 2.60. The molecule has 2 heterocycles. The van der Waals surface area contributed by atoms with Crippen molar-refractivity contribution in [3.8, 4) is 22.8 Å². The van der Waals surface area contributed by atoms with E-state index in [1.165, 1.54) is 6.08 Å². The Morgan fingerprint density at radius 2 is 2.11 bits per heavy atom. The van der Waals surface area contributed by atoms with Crippen LogP contribution >= 0.6 is 0 Å². The summed E-state index contributed by atoms with van der Waals surface area (Å²) in [7, 11) is 0. The van der Waals surface area contributed by atoms with Gasteiger partial charge in [-0.3, -0.25) is 4.98 Å². The van der Waals surface area contributed by atoms with Crippen molar-refractivity contribution in [2.75, 3.05) is 6.79 Å². The minimum absolute atomic E-state index is 0.223. The number of nitrogens with zero attached hydrogens (tertiary/aromatic N) is 2. The number of aromatic nitrogens is 1. The number of ether oxygens (including phenoxy) is 2. The largest absolute Gasteiger partial charge is 0.454 e. The Kier molecular flexibility index (Phi) is 2.52. The van der Waals surface area contributed by atoms with E-state index < -0.39 is 0 Å². The summed E-state index contributed by atoms with van der Waals surface area (Å²) < 4.78 is 10.5. The second-order valence-corrected chi connectivity index (χ2v) is 3.64. The summed E-state index contributed by atoms with van der Waals surface area (Å²) in [6.45, 7) is 0.223. The molecule has 2 aromatic rings. The van der Waals surface area contributed by atoms with Crippen LogP contribution in [0.3, 0.4) is 0 Å². The van der Waals surface area contributed by atoms with Crippen molar-refractivity contribution in [3.05, 3.63) is 36.5 Å². The molecule has 0 atom stereocenters. The van der Waals surface area contributed by atoms with Crippen molar-refractivity contribution >= 4 is 11.8 Å². The number of fused-ring (bicyclic) bond motifs is 1. The van der Waals surface area contributed by atoms with Gasteiger partial charge in [0.2, 0.25) is 12.9 Å². The fourth-order valence-electron chi connectivity index (χ4n) is 1.80. The highest BCUT2D eigenvalue weighted by molar-refractivity contribution is 5.75. The minimum atomic E-state index is 0.223. The van der Waals surface area contributed by atoms with E-state index in [2.05, 4.69) is 9.98 Å². The van der Waals surface area contributed by atoms with Gasteiger partial charge in [-0.2, -0.15) is 4.99 Å². The Labute approximate surface area is 103 Å². The molecule has 0 bridgehead atoms. The van der Waals surface area contributed by atoms with Gasteiger partial charge in [0.1, 0.15) is 5.69 Å². The van der Waals surface area contributed by atoms with Crippen LogP contribution in [-0.4, -0.2) is 17.9 Å². The van der Waals surface area contributed by atoms with Crippen LogP contribution < -0.4 is 9.47 Å². The number of pyridine rings is 1. The minimum Gasteiger partial charge on any atom is -0.454 e. The molecule has 1 aliphatic heterocycles. The average molecular weight is 240 g/mol. The Bertz CT molecular complexity index is 648. The van der Waals surface area contributed by atoms with Crippen LogP contribution in [0.1, 0.15) is 0 Å². The first-order valence-corrected chi connectivity index (χ1v) is 5.31. The standard InChI is InChI=1S/C13H8N2O3/c16-7-15-10-2-1-5-14-13(10)9-3-4-11-12(6-9)18-8-17-11/h1-6H,8H2. The zero-order chi connectivity index (χ0) is 12.4. The molecule has 1 aliphatic rings. The zero-order valence-electron chi connectivity index (χ0n) is 9.29. The van der Waals surface area contributed by atoms with Crippen LogP contribution in [0, 0.1) is 0 Å². The van der Waals surface area contributed by atoms with E-state index in [0.29, 0.717) is 22.9 Å². The molecule has 3 rings (SSSR count). The number of hydrogen-bond acceptors (Lipinski definition) is 5. The van der Waals surface area contributed by atoms with Crippen LogP contribution in [0.2, 0.25) is 0 Å². The Morgan fingerprint density at radius 1 is 1.22 bits per heavy atom. The zero-order valence-corrected chi connectivity index (χ0v) is 9.29. The molecule has 5 heteroatoms. The lowest BCUT2D eigenvalue weighted by Gasteiger charge is -2.04. The number of isocyanates is 1. The molecule has 0 saturated carbocycles. The van der Waals surface area contributed by atoms with Crippen LogP contribution in [0.5, 0.6) is 11.5 Å². The molecule has 0 N–H and O–H groups in total. The molecule has 0 fully saturated rings. The molecule has 5 nitrogen and oxygen atoms in total. The maximum absolute atomic E-state index is 10.4. The number of carbonyl (C=O) groups excluding carboxylic acids is 1. The lowest BCUT2D eigenvalue weighted by molar-refractivity contribution is 0.174. The van der Waals surface area contributed by atoms with E-state index in [-0.39, 0.29) is 6.79 Å². The van der Waals surface area contributed by atoms with E-state index in [0.717, 1.165) is 5.56 Å². The van der Waals surface area contributed by atoms with Gasteiger partial charge >= 0.3 is 0 Å². The van der Waals surface area contributed by atoms with Crippen molar-refractivity contribution in [1.29, 1.82) is 0 Å². The molecule has 0 saturated heterocycles. The highest BCUT2D eigenvalue weighted by atomic mass is 16.7. The van der Waals surface area contributed by atoms with Crippen molar-refractivity contribution in [1.82, 2.24) is 4.98 Å². The highest BCUT2D eigenvalue weighted by Crippen LogP contribution is 2.37. The van der Waals surface area contributed by atoms with E-state index in [1.807, 2.05) is 12.1 Å². The third kappa shape index (κ3) is 1.73. The van der Waals surface area contributed by atoms with Crippen molar-refractivity contribution in [2.45, 2.75) is 0 Å². The van der Waals surface area contributed by atoms with Crippen molar-refractivity contribution < 1.29 is 14.3 Å². The number of aliphatic imine (C=N–C) groups is 1. The van der Waals surface area contributed by atoms with Gasteiger partial charge in [0.05, 0.1) is 5.69 Å². The van der Waals surface area contributed by atoms with Gasteiger partial charge in [0.25, 0.3) is 0 Å². The Hall–Kier alpha value is -2.65. The van der Waals surface area contributed by atoms with Crippen LogP contribution in [0.4, 0.5) is 5.69 Å². The molecule has 1 aromatic heterocycles. The van der Waals surface area contributed by atoms with Crippen LogP contribution in [0.25, 0.3) is 11.3 Å². The van der Waals surface area contributed by atoms with Crippen LogP contribution in [-0.2, 0) is 4.79 Å². The molecule has 0 aliphatic carbocycles. The molecule has 0 unspecified atom stereocenters. The normalized spacial score (nSPS) is 12.0. The summed E-state index contributed by atoms with van der Waals surface area (Å²) in [5.41, 5.74) is 1.90. The van der Waals surface area contributed by atoms with E-state index in [9.17, 15) is 4.79 Å². The molecule has 0 spiro atoms. The fraction of sp³-hybridized carbons (Fsp3) is 0.0769. The number of benzene rings is 1. The van der Waals surface area contributed by atoms with Crippen LogP contribution in [0.15, 0.2) is 41.5 Å². The lowest BCUT2D eigenvalue weighted by Crippen LogP contribution is -1.92. The Morgan fingerprint density at radius 3 is 3.00 bits per heavy atom. The summed E-state index contributed by atoms with van der Waals surface area (Å²) in [6, 6.07) is 8.89. The molecule has 0 radical (unpaired) electrons. The summed E-state index contributed by atoms with van der Waals surface area (Å²) in [5.74, 6) is 1.37. The first-order chi connectivity index (χ1) is 8.88. The summed E-state index contributed by atoms with van der Waals surface area (Å²) in [4.78, 5) is 18.2.